The van der Waals surface area contributed by atoms with Gasteiger partial charge in [0.05, 0.1) is 14.2 Å². The van der Waals surface area contributed by atoms with Crippen LogP contribution in [0.25, 0.3) is 0 Å². The highest BCUT2D eigenvalue weighted by molar-refractivity contribution is 5.99. The van der Waals surface area contributed by atoms with Gasteiger partial charge in [0.1, 0.15) is 11.5 Å². The highest BCUT2D eigenvalue weighted by Crippen LogP contribution is 2.29. The Labute approximate surface area is 123 Å². The van der Waals surface area contributed by atoms with E-state index in [0.717, 1.165) is 11.4 Å². The molecule has 110 valence electrons. The number of ether oxygens (including phenoxy) is 2. The molecule has 0 unspecified atom stereocenters. The molecule has 2 aromatic rings. The van der Waals surface area contributed by atoms with Crippen molar-refractivity contribution in [1.82, 2.24) is 0 Å². The third-order valence-electron chi connectivity index (χ3n) is 3.07. The van der Waals surface area contributed by atoms with Gasteiger partial charge in [-0.15, -0.1) is 0 Å². The van der Waals surface area contributed by atoms with Crippen LogP contribution in [0.2, 0.25) is 0 Å². The van der Waals surface area contributed by atoms with Gasteiger partial charge in [0.2, 0.25) is 0 Å². The second kappa shape index (κ2) is 6.17. The fourth-order valence-electron chi connectivity index (χ4n) is 2.01. The first kappa shape index (κ1) is 14.7. The zero-order chi connectivity index (χ0) is 15.4. The molecule has 0 fully saturated rings. The van der Waals surface area contributed by atoms with Crippen molar-refractivity contribution >= 4 is 22.8 Å². The number of nitrogen functional groups attached to an aromatic ring is 1. The summed E-state index contributed by atoms with van der Waals surface area (Å²) in [5.41, 5.74) is 8.43. The number of anilines is 3. The number of hydrogen-bond acceptors (Lipinski definition) is 5. The molecule has 5 heteroatoms. The summed E-state index contributed by atoms with van der Waals surface area (Å²) < 4.78 is 10.4. The van der Waals surface area contributed by atoms with E-state index < -0.39 is 0 Å². The van der Waals surface area contributed by atoms with Crippen LogP contribution in [-0.2, 0) is 0 Å². The van der Waals surface area contributed by atoms with Crippen LogP contribution in [0.4, 0.5) is 17.1 Å². The first-order valence-electron chi connectivity index (χ1n) is 6.44. The first-order valence-corrected chi connectivity index (χ1v) is 6.44. The van der Waals surface area contributed by atoms with E-state index in [-0.39, 0.29) is 5.78 Å². The normalized spacial score (nSPS) is 10.0. The number of carbonyl (C=O) groups excluding carboxylic acids is 1. The Morgan fingerprint density at radius 3 is 2.10 bits per heavy atom. The van der Waals surface area contributed by atoms with Crippen LogP contribution in [0, 0.1) is 0 Å². The van der Waals surface area contributed by atoms with Crippen molar-refractivity contribution in [3.63, 3.8) is 0 Å². The molecule has 0 spiro atoms. The number of nitrogens with one attached hydrogen (secondary N) is 1. The summed E-state index contributed by atoms with van der Waals surface area (Å²) in [6.45, 7) is 1.49. The van der Waals surface area contributed by atoms with E-state index in [2.05, 4.69) is 5.32 Å². The van der Waals surface area contributed by atoms with Crippen molar-refractivity contribution in [2.75, 3.05) is 25.3 Å². The minimum Gasteiger partial charge on any atom is -0.497 e. The van der Waals surface area contributed by atoms with Crippen LogP contribution in [0.15, 0.2) is 36.4 Å². The van der Waals surface area contributed by atoms with E-state index in [1.165, 1.54) is 6.92 Å². The monoisotopic (exact) mass is 286 g/mol. The van der Waals surface area contributed by atoms with Gasteiger partial charge in [0.15, 0.2) is 5.78 Å². The minimum atomic E-state index is -0.0536. The smallest absolute Gasteiger partial charge is 0.161 e. The van der Waals surface area contributed by atoms with Gasteiger partial charge in [-0.05, 0) is 25.1 Å². The number of benzene rings is 2. The maximum Gasteiger partial charge on any atom is 0.161 e. The predicted molar refractivity (Wildman–Crippen MR) is 83.7 cm³/mol. The number of rotatable bonds is 5. The van der Waals surface area contributed by atoms with Crippen LogP contribution < -0.4 is 20.5 Å². The Morgan fingerprint density at radius 1 is 1.00 bits per heavy atom. The molecule has 5 nitrogen and oxygen atoms in total. The number of nitrogens with two attached hydrogens (primary N) is 1. The van der Waals surface area contributed by atoms with Crippen molar-refractivity contribution in [3.05, 3.63) is 42.0 Å². The van der Waals surface area contributed by atoms with Gasteiger partial charge in [-0.3, -0.25) is 4.79 Å². The van der Waals surface area contributed by atoms with E-state index in [9.17, 15) is 4.79 Å². The highest BCUT2D eigenvalue weighted by atomic mass is 16.5. The Balaban J connectivity index is 2.29. The van der Waals surface area contributed by atoms with Crippen molar-refractivity contribution in [2.45, 2.75) is 6.92 Å². The summed E-state index contributed by atoms with van der Waals surface area (Å²) in [4.78, 5) is 11.4. The van der Waals surface area contributed by atoms with Gasteiger partial charge in [-0.25, -0.2) is 0 Å². The molecular formula is C16H18N2O3. The molecule has 0 atom stereocenters. The van der Waals surface area contributed by atoms with Crippen molar-refractivity contribution in [1.29, 1.82) is 0 Å². The Morgan fingerprint density at radius 2 is 1.62 bits per heavy atom. The van der Waals surface area contributed by atoms with E-state index >= 15 is 0 Å². The third-order valence-corrected chi connectivity index (χ3v) is 3.07. The van der Waals surface area contributed by atoms with Crippen LogP contribution in [0.3, 0.4) is 0 Å². The molecule has 0 bridgehead atoms. The fraction of sp³-hybridized carbons (Fsp3) is 0.188. The van der Waals surface area contributed by atoms with E-state index in [1.54, 1.807) is 38.5 Å². The van der Waals surface area contributed by atoms with Crippen LogP contribution in [-0.4, -0.2) is 20.0 Å². The molecule has 0 aliphatic carbocycles. The van der Waals surface area contributed by atoms with Gasteiger partial charge < -0.3 is 20.5 Å². The molecular weight excluding hydrogens is 268 g/mol. The Hall–Kier alpha value is -2.69. The van der Waals surface area contributed by atoms with E-state index in [1.807, 2.05) is 12.1 Å². The molecule has 0 saturated heterocycles. The number of Topliss-reactive ketones (excluding diaryl/α,β-unsaturated/α-hetero) is 1. The first-order chi connectivity index (χ1) is 10.0. The predicted octanol–water partition coefficient (Wildman–Crippen LogP) is 3.23. The quantitative estimate of drug-likeness (QED) is 0.652. The summed E-state index contributed by atoms with van der Waals surface area (Å²) in [7, 11) is 3.19. The van der Waals surface area contributed by atoms with Crippen molar-refractivity contribution in [3.8, 4) is 11.5 Å². The fourth-order valence-corrected chi connectivity index (χ4v) is 2.01. The minimum absolute atomic E-state index is 0.0536. The van der Waals surface area contributed by atoms with Gasteiger partial charge >= 0.3 is 0 Å². The molecule has 21 heavy (non-hydrogen) atoms. The molecule has 0 aromatic heterocycles. The van der Waals surface area contributed by atoms with Gasteiger partial charge in [-0.2, -0.15) is 0 Å². The lowest BCUT2D eigenvalue weighted by Gasteiger charge is -2.12. The van der Waals surface area contributed by atoms with Crippen molar-refractivity contribution < 1.29 is 14.3 Å². The molecule has 0 radical (unpaired) electrons. The highest BCUT2D eigenvalue weighted by Gasteiger charge is 2.07. The maximum absolute atomic E-state index is 11.4. The maximum atomic E-state index is 11.4. The Bertz CT molecular complexity index is 646. The summed E-state index contributed by atoms with van der Waals surface area (Å²) in [5.74, 6) is 1.32. The van der Waals surface area contributed by atoms with Gasteiger partial charge in [0, 0.05) is 40.8 Å². The standard InChI is InChI=1S/C16H18N2O3/c1-10(19)15-5-4-11(8-16(15)17)18-12-6-13(20-2)9-14(7-12)21-3/h4-9,18H,17H2,1-3H3. The average Bonchev–Trinajstić information content (AvgIpc) is 2.46. The summed E-state index contributed by atoms with van der Waals surface area (Å²) in [6.07, 6.45) is 0. The molecule has 3 N–H and O–H groups in total. The lowest BCUT2D eigenvalue weighted by molar-refractivity contribution is 0.101. The SMILES string of the molecule is COc1cc(Nc2ccc(C(C)=O)c(N)c2)cc(OC)c1. The molecule has 0 aliphatic rings. The molecule has 0 aliphatic heterocycles. The zero-order valence-corrected chi connectivity index (χ0v) is 12.3. The summed E-state index contributed by atoms with van der Waals surface area (Å²) in [5, 5.41) is 3.21. The van der Waals surface area contributed by atoms with Gasteiger partial charge in [-0.1, -0.05) is 0 Å². The molecule has 2 rings (SSSR count). The van der Waals surface area contributed by atoms with Crippen LogP contribution >= 0.6 is 0 Å². The van der Waals surface area contributed by atoms with E-state index in [0.29, 0.717) is 22.7 Å². The summed E-state index contributed by atoms with van der Waals surface area (Å²) >= 11 is 0. The summed E-state index contributed by atoms with van der Waals surface area (Å²) in [6, 6.07) is 10.7. The van der Waals surface area contributed by atoms with Gasteiger partial charge in [0.25, 0.3) is 0 Å². The largest absolute Gasteiger partial charge is 0.497 e. The van der Waals surface area contributed by atoms with Crippen LogP contribution in [0.1, 0.15) is 17.3 Å². The second-order valence-electron chi connectivity index (χ2n) is 4.58. The second-order valence-corrected chi connectivity index (χ2v) is 4.58. The number of hydrogen-bond donors (Lipinski definition) is 2. The molecule has 0 heterocycles. The zero-order valence-electron chi connectivity index (χ0n) is 12.3. The number of methoxy groups -OCH3 is 2. The lowest BCUT2D eigenvalue weighted by Crippen LogP contribution is -2.01. The average molecular weight is 286 g/mol. The molecule has 0 amide bonds. The Kier molecular flexibility index (Phi) is 4.33. The van der Waals surface area contributed by atoms with Crippen LogP contribution in [0.5, 0.6) is 11.5 Å². The van der Waals surface area contributed by atoms with E-state index in [4.69, 9.17) is 15.2 Å². The topological polar surface area (TPSA) is 73.6 Å². The van der Waals surface area contributed by atoms with Crippen molar-refractivity contribution in [2.24, 2.45) is 0 Å². The molecule has 0 saturated carbocycles. The number of carbonyl (C=O) groups is 1. The lowest BCUT2D eigenvalue weighted by atomic mass is 10.1. The third kappa shape index (κ3) is 3.45. The number of ketones is 1. The molecule has 2 aromatic carbocycles.